The number of benzene rings is 1. The predicted octanol–water partition coefficient (Wildman–Crippen LogP) is 2.57. The van der Waals surface area contributed by atoms with Crippen LogP contribution in [-0.4, -0.2) is 22.0 Å². The maximum atomic E-state index is 4.24. The summed E-state index contributed by atoms with van der Waals surface area (Å²) in [6, 6.07) is 10.3. The number of rotatable bonds is 4. The largest absolute Gasteiger partial charge is 0.315 e. The normalized spacial score (nSPS) is 11.3. The average molecular weight is 272 g/mol. The number of aromatic nitrogens is 3. The molecule has 0 bridgehead atoms. The van der Waals surface area contributed by atoms with E-state index < -0.39 is 0 Å². The van der Waals surface area contributed by atoms with Crippen molar-refractivity contribution in [1.82, 2.24) is 20.3 Å². The minimum Gasteiger partial charge on any atom is -0.315 e. The Morgan fingerprint density at radius 1 is 1.32 bits per heavy atom. The highest BCUT2D eigenvalue weighted by molar-refractivity contribution is 7.12. The Labute approximate surface area is 116 Å². The molecule has 5 heteroatoms. The van der Waals surface area contributed by atoms with Crippen molar-refractivity contribution in [3.8, 4) is 0 Å². The molecule has 0 unspecified atom stereocenters. The molecule has 0 atom stereocenters. The lowest BCUT2D eigenvalue weighted by atomic mass is 10.2. The molecule has 0 aliphatic carbocycles. The minimum absolute atomic E-state index is 0.784. The quantitative estimate of drug-likeness (QED) is 0.794. The molecule has 19 heavy (non-hydrogen) atoms. The third kappa shape index (κ3) is 2.39. The smallest absolute Gasteiger partial charge is 0.113 e. The van der Waals surface area contributed by atoms with E-state index in [9.17, 15) is 0 Å². The first kappa shape index (κ1) is 12.3. The summed E-state index contributed by atoms with van der Waals surface area (Å²) in [5.74, 6) is 0. The number of nitrogens with zero attached hydrogens (tertiary/aromatic N) is 3. The molecule has 0 aliphatic heterocycles. The lowest BCUT2D eigenvalue weighted by Gasteiger charge is -2.01. The molecule has 0 saturated heterocycles. The topological polar surface area (TPSA) is 42.7 Å². The molecule has 0 saturated carbocycles. The van der Waals surface area contributed by atoms with E-state index >= 15 is 0 Å². The van der Waals surface area contributed by atoms with Gasteiger partial charge in [0.05, 0.1) is 12.1 Å². The SMILES string of the molecule is CNCc1cc(Cn2nnc3ccccc32)c(C)s1. The van der Waals surface area contributed by atoms with Crippen LogP contribution in [0.4, 0.5) is 0 Å². The standard InChI is InChI=1S/C14H16N4S/c1-10-11(7-12(19-10)8-15-2)9-18-14-6-4-3-5-13(14)16-17-18/h3-7,15H,8-9H2,1-2H3. The van der Waals surface area contributed by atoms with Gasteiger partial charge in [-0.1, -0.05) is 17.3 Å². The number of para-hydroxylation sites is 1. The highest BCUT2D eigenvalue weighted by Gasteiger charge is 2.09. The van der Waals surface area contributed by atoms with Gasteiger partial charge >= 0.3 is 0 Å². The van der Waals surface area contributed by atoms with Gasteiger partial charge in [-0.15, -0.1) is 16.4 Å². The van der Waals surface area contributed by atoms with Crippen molar-refractivity contribution in [2.75, 3.05) is 7.05 Å². The Bertz CT molecular complexity index is 698. The van der Waals surface area contributed by atoms with Crippen LogP contribution in [0.1, 0.15) is 15.3 Å². The van der Waals surface area contributed by atoms with Crippen LogP contribution in [0.25, 0.3) is 11.0 Å². The first-order valence-corrected chi connectivity index (χ1v) is 7.10. The van der Waals surface area contributed by atoms with Gasteiger partial charge in [0, 0.05) is 16.3 Å². The molecule has 3 aromatic rings. The van der Waals surface area contributed by atoms with Crippen LogP contribution in [-0.2, 0) is 13.1 Å². The third-order valence-electron chi connectivity index (χ3n) is 3.16. The van der Waals surface area contributed by atoms with Gasteiger partial charge in [0.2, 0.25) is 0 Å². The lowest BCUT2D eigenvalue weighted by Crippen LogP contribution is -2.03. The second-order valence-electron chi connectivity index (χ2n) is 4.56. The minimum atomic E-state index is 0.784. The van der Waals surface area contributed by atoms with Crippen LogP contribution >= 0.6 is 11.3 Å². The Balaban J connectivity index is 1.92. The van der Waals surface area contributed by atoms with Crippen molar-refractivity contribution in [3.63, 3.8) is 0 Å². The molecule has 3 rings (SSSR count). The average Bonchev–Trinajstić information content (AvgIpc) is 2.96. The van der Waals surface area contributed by atoms with Gasteiger partial charge in [-0.3, -0.25) is 0 Å². The Kier molecular flexibility index (Phi) is 3.31. The summed E-state index contributed by atoms with van der Waals surface area (Å²) in [6.45, 7) is 3.87. The molecular weight excluding hydrogens is 256 g/mol. The van der Waals surface area contributed by atoms with Crippen LogP contribution in [0, 0.1) is 6.92 Å². The molecule has 1 N–H and O–H groups in total. The van der Waals surface area contributed by atoms with Gasteiger partial charge < -0.3 is 5.32 Å². The second-order valence-corrected chi connectivity index (χ2v) is 5.90. The summed E-state index contributed by atoms with van der Waals surface area (Å²) in [4.78, 5) is 2.71. The van der Waals surface area contributed by atoms with Crippen LogP contribution in [0.5, 0.6) is 0 Å². The number of nitrogens with one attached hydrogen (secondary N) is 1. The van der Waals surface area contributed by atoms with Crippen molar-refractivity contribution in [3.05, 3.63) is 45.6 Å². The van der Waals surface area contributed by atoms with Crippen molar-refractivity contribution < 1.29 is 0 Å². The summed E-state index contributed by atoms with van der Waals surface area (Å²) in [5, 5.41) is 11.6. The summed E-state index contributed by atoms with van der Waals surface area (Å²) in [5.41, 5.74) is 3.36. The Morgan fingerprint density at radius 2 is 2.16 bits per heavy atom. The number of aryl methyl sites for hydroxylation is 1. The molecule has 2 aromatic heterocycles. The van der Waals surface area contributed by atoms with E-state index in [2.05, 4.69) is 34.7 Å². The van der Waals surface area contributed by atoms with Crippen molar-refractivity contribution in [2.24, 2.45) is 0 Å². The van der Waals surface area contributed by atoms with Gasteiger partial charge in [0.25, 0.3) is 0 Å². The molecule has 0 radical (unpaired) electrons. The maximum Gasteiger partial charge on any atom is 0.113 e. The van der Waals surface area contributed by atoms with E-state index in [0.717, 1.165) is 24.1 Å². The van der Waals surface area contributed by atoms with Gasteiger partial charge in [0.1, 0.15) is 5.52 Å². The maximum absolute atomic E-state index is 4.24. The molecule has 0 amide bonds. The van der Waals surface area contributed by atoms with Crippen molar-refractivity contribution >= 4 is 22.4 Å². The van der Waals surface area contributed by atoms with Crippen molar-refractivity contribution in [1.29, 1.82) is 0 Å². The molecule has 98 valence electrons. The molecule has 0 fully saturated rings. The zero-order valence-corrected chi connectivity index (χ0v) is 11.9. The Morgan fingerprint density at radius 3 is 3.00 bits per heavy atom. The van der Waals surface area contributed by atoms with Gasteiger partial charge in [-0.25, -0.2) is 4.68 Å². The van der Waals surface area contributed by atoms with Crippen LogP contribution in [0.15, 0.2) is 30.3 Å². The van der Waals surface area contributed by atoms with Gasteiger partial charge in [-0.05, 0) is 37.7 Å². The number of hydrogen-bond acceptors (Lipinski definition) is 4. The van der Waals surface area contributed by atoms with Crippen LogP contribution in [0.2, 0.25) is 0 Å². The van der Waals surface area contributed by atoms with E-state index in [1.54, 1.807) is 0 Å². The fraction of sp³-hybridized carbons (Fsp3) is 0.286. The summed E-state index contributed by atoms with van der Waals surface area (Å²) in [6.07, 6.45) is 0. The molecular formula is C14H16N4S. The summed E-state index contributed by atoms with van der Waals surface area (Å²) >= 11 is 1.84. The van der Waals surface area contributed by atoms with Crippen LogP contribution in [0.3, 0.4) is 0 Å². The summed E-state index contributed by atoms with van der Waals surface area (Å²) in [7, 11) is 1.97. The molecule has 4 nitrogen and oxygen atoms in total. The first-order valence-electron chi connectivity index (χ1n) is 6.29. The molecule has 2 heterocycles. The molecule has 0 aliphatic rings. The van der Waals surface area contributed by atoms with E-state index in [4.69, 9.17) is 0 Å². The van der Waals surface area contributed by atoms with E-state index in [1.165, 1.54) is 15.3 Å². The number of thiophene rings is 1. The Hall–Kier alpha value is -1.72. The van der Waals surface area contributed by atoms with E-state index in [1.807, 2.05) is 41.3 Å². The van der Waals surface area contributed by atoms with Crippen LogP contribution < -0.4 is 5.32 Å². The zero-order valence-electron chi connectivity index (χ0n) is 11.1. The first-order chi connectivity index (χ1) is 9.28. The highest BCUT2D eigenvalue weighted by atomic mass is 32.1. The monoisotopic (exact) mass is 272 g/mol. The van der Waals surface area contributed by atoms with Crippen molar-refractivity contribution in [2.45, 2.75) is 20.0 Å². The zero-order chi connectivity index (χ0) is 13.2. The van der Waals surface area contributed by atoms with E-state index in [0.29, 0.717) is 0 Å². The highest BCUT2D eigenvalue weighted by Crippen LogP contribution is 2.23. The predicted molar refractivity (Wildman–Crippen MR) is 78.4 cm³/mol. The fourth-order valence-electron chi connectivity index (χ4n) is 2.20. The number of hydrogen-bond donors (Lipinski definition) is 1. The number of fused-ring (bicyclic) bond motifs is 1. The van der Waals surface area contributed by atoms with Gasteiger partial charge in [-0.2, -0.15) is 0 Å². The molecule has 0 spiro atoms. The molecule has 1 aromatic carbocycles. The second kappa shape index (κ2) is 5.11. The van der Waals surface area contributed by atoms with E-state index in [-0.39, 0.29) is 0 Å². The fourth-order valence-corrected chi connectivity index (χ4v) is 3.27. The lowest BCUT2D eigenvalue weighted by molar-refractivity contribution is 0.668. The van der Waals surface area contributed by atoms with Gasteiger partial charge in [0.15, 0.2) is 0 Å². The third-order valence-corrected chi connectivity index (χ3v) is 4.26. The summed E-state index contributed by atoms with van der Waals surface area (Å²) < 4.78 is 1.97.